The minimum absolute atomic E-state index is 0.0580. The maximum Gasteiger partial charge on any atom is 0.246 e. The average Bonchev–Trinajstić information content (AvgIpc) is 3.15. The third-order valence-electron chi connectivity index (χ3n) is 4.50. The number of aromatic nitrogens is 2. The maximum atomic E-state index is 12.7. The van der Waals surface area contributed by atoms with E-state index in [0.717, 1.165) is 12.0 Å². The Morgan fingerprint density at radius 2 is 1.78 bits per heavy atom. The third-order valence-corrected chi connectivity index (χ3v) is 4.50. The van der Waals surface area contributed by atoms with Gasteiger partial charge >= 0.3 is 0 Å². The van der Waals surface area contributed by atoms with Crippen molar-refractivity contribution in [1.29, 1.82) is 0 Å². The molecular formula is C22H25N3O2. The lowest BCUT2D eigenvalue weighted by Gasteiger charge is -2.25. The summed E-state index contributed by atoms with van der Waals surface area (Å²) < 4.78 is 5.37. The van der Waals surface area contributed by atoms with Gasteiger partial charge in [-0.15, -0.1) is 0 Å². The average molecular weight is 363 g/mol. The highest BCUT2D eigenvalue weighted by Crippen LogP contribution is 2.17. The number of benzene rings is 2. The van der Waals surface area contributed by atoms with E-state index < -0.39 is 0 Å². The van der Waals surface area contributed by atoms with Crippen molar-refractivity contribution in [2.24, 2.45) is 0 Å². The fourth-order valence-corrected chi connectivity index (χ4v) is 2.88. The Balaban J connectivity index is 1.64. The minimum Gasteiger partial charge on any atom is -0.337 e. The summed E-state index contributed by atoms with van der Waals surface area (Å²) in [4.78, 5) is 19.0. The van der Waals surface area contributed by atoms with Crippen molar-refractivity contribution in [3.05, 3.63) is 71.6 Å². The Morgan fingerprint density at radius 1 is 1.07 bits per heavy atom. The van der Waals surface area contributed by atoms with E-state index in [9.17, 15) is 4.79 Å². The zero-order valence-corrected chi connectivity index (χ0v) is 16.1. The van der Waals surface area contributed by atoms with Crippen LogP contribution in [0.25, 0.3) is 11.4 Å². The molecule has 0 N–H and O–H groups in total. The van der Waals surface area contributed by atoms with E-state index in [1.54, 1.807) is 4.90 Å². The van der Waals surface area contributed by atoms with Crippen LogP contribution in [-0.4, -0.2) is 27.0 Å². The number of carbonyl (C=O) groups is 1. The van der Waals surface area contributed by atoms with Gasteiger partial charge in [0.1, 0.15) is 6.54 Å². The predicted octanol–water partition coefficient (Wildman–Crippen LogP) is 4.41. The predicted molar refractivity (Wildman–Crippen MR) is 105 cm³/mol. The number of rotatable bonds is 7. The van der Waals surface area contributed by atoms with Gasteiger partial charge in [-0.1, -0.05) is 65.3 Å². The number of aryl methyl sites for hydroxylation is 2. The Bertz CT molecular complexity index is 870. The molecule has 0 unspecified atom stereocenters. The molecule has 1 amide bonds. The molecule has 5 heteroatoms. The van der Waals surface area contributed by atoms with Gasteiger partial charge in [0.2, 0.25) is 17.6 Å². The summed E-state index contributed by atoms with van der Waals surface area (Å²) >= 11 is 0. The van der Waals surface area contributed by atoms with Crippen LogP contribution < -0.4 is 0 Å². The first-order chi connectivity index (χ1) is 13.0. The second kappa shape index (κ2) is 8.62. The Hall–Kier alpha value is -2.95. The van der Waals surface area contributed by atoms with E-state index in [0.29, 0.717) is 24.7 Å². The van der Waals surface area contributed by atoms with Crippen molar-refractivity contribution in [3.8, 4) is 11.4 Å². The van der Waals surface area contributed by atoms with Crippen LogP contribution in [0.3, 0.4) is 0 Å². The third kappa shape index (κ3) is 5.03. The highest BCUT2D eigenvalue weighted by atomic mass is 16.5. The van der Waals surface area contributed by atoms with Gasteiger partial charge in [0.25, 0.3) is 0 Å². The standard InChI is InChI=1S/C22H25N3O2/c1-16(2)25(21(26)14-13-18-11-9-17(3)10-12-18)15-20-23-22(24-27-20)19-7-5-4-6-8-19/h4-12,16H,13-15H2,1-3H3. The highest BCUT2D eigenvalue weighted by Gasteiger charge is 2.20. The first-order valence-corrected chi connectivity index (χ1v) is 9.26. The van der Waals surface area contributed by atoms with E-state index in [4.69, 9.17) is 4.52 Å². The summed E-state index contributed by atoms with van der Waals surface area (Å²) in [5, 5.41) is 4.04. The fraction of sp³-hybridized carbons (Fsp3) is 0.318. The van der Waals surface area contributed by atoms with E-state index in [-0.39, 0.29) is 11.9 Å². The molecule has 0 spiro atoms. The normalized spacial score (nSPS) is 11.0. The van der Waals surface area contributed by atoms with E-state index in [2.05, 4.69) is 41.3 Å². The monoisotopic (exact) mass is 363 g/mol. The molecule has 3 rings (SSSR count). The molecule has 0 radical (unpaired) electrons. The lowest BCUT2D eigenvalue weighted by Crippen LogP contribution is -2.36. The Morgan fingerprint density at radius 3 is 2.44 bits per heavy atom. The van der Waals surface area contributed by atoms with Crippen molar-refractivity contribution in [2.45, 2.75) is 46.2 Å². The Labute approximate surface area is 160 Å². The quantitative estimate of drug-likeness (QED) is 0.624. The van der Waals surface area contributed by atoms with Crippen molar-refractivity contribution in [1.82, 2.24) is 15.0 Å². The van der Waals surface area contributed by atoms with Gasteiger partial charge in [-0.25, -0.2) is 0 Å². The molecule has 5 nitrogen and oxygen atoms in total. The smallest absolute Gasteiger partial charge is 0.246 e. The van der Waals surface area contributed by atoms with Crippen molar-refractivity contribution in [3.63, 3.8) is 0 Å². The van der Waals surface area contributed by atoms with Gasteiger partial charge in [-0.3, -0.25) is 4.79 Å². The molecule has 0 atom stereocenters. The van der Waals surface area contributed by atoms with E-state index >= 15 is 0 Å². The molecular weight excluding hydrogens is 338 g/mol. The topological polar surface area (TPSA) is 59.2 Å². The number of carbonyl (C=O) groups excluding carboxylic acids is 1. The molecule has 140 valence electrons. The van der Waals surface area contributed by atoms with Crippen molar-refractivity contribution in [2.75, 3.05) is 0 Å². The van der Waals surface area contributed by atoms with Crippen LogP contribution in [0.4, 0.5) is 0 Å². The van der Waals surface area contributed by atoms with Crippen LogP contribution in [0, 0.1) is 6.92 Å². The molecule has 1 aromatic heterocycles. The summed E-state index contributed by atoms with van der Waals surface area (Å²) in [7, 11) is 0. The lowest BCUT2D eigenvalue weighted by molar-refractivity contribution is -0.133. The van der Waals surface area contributed by atoms with Gasteiger partial charge < -0.3 is 9.42 Å². The van der Waals surface area contributed by atoms with Crippen LogP contribution >= 0.6 is 0 Å². The van der Waals surface area contributed by atoms with Crippen molar-refractivity contribution < 1.29 is 9.32 Å². The highest BCUT2D eigenvalue weighted by molar-refractivity contribution is 5.76. The molecule has 0 bridgehead atoms. The van der Waals surface area contributed by atoms with Gasteiger partial charge in [0.15, 0.2) is 0 Å². The lowest BCUT2D eigenvalue weighted by atomic mass is 10.1. The number of amides is 1. The van der Waals surface area contributed by atoms with Gasteiger partial charge in [-0.2, -0.15) is 4.98 Å². The molecule has 0 fully saturated rings. The Kier molecular flexibility index (Phi) is 6.01. The summed E-state index contributed by atoms with van der Waals surface area (Å²) in [6.07, 6.45) is 1.18. The minimum atomic E-state index is 0.0580. The van der Waals surface area contributed by atoms with Gasteiger partial charge in [0, 0.05) is 18.0 Å². The first kappa shape index (κ1) is 18.8. The second-order valence-corrected chi connectivity index (χ2v) is 6.98. The summed E-state index contributed by atoms with van der Waals surface area (Å²) in [6.45, 7) is 6.38. The number of hydrogen-bond acceptors (Lipinski definition) is 4. The van der Waals surface area contributed by atoms with Crippen LogP contribution in [0.2, 0.25) is 0 Å². The maximum absolute atomic E-state index is 12.7. The largest absolute Gasteiger partial charge is 0.337 e. The molecule has 27 heavy (non-hydrogen) atoms. The zero-order valence-electron chi connectivity index (χ0n) is 16.1. The van der Waals surface area contributed by atoms with Crippen LogP contribution in [0.5, 0.6) is 0 Å². The molecule has 2 aromatic carbocycles. The number of nitrogens with zero attached hydrogens (tertiary/aromatic N) is 3. The molecule has 1 heterocycles. The van der Waals surface area contributed by atoms with Crippen LogP contribution in [0.15, 0.2) is 59.1 Å². The molecule has 0 saturated carbocycles. The van der Waals surface area contributed by atoms with Crippen LogP contribution in [0.1, 0.15) is 37.3 Å². The molecule has 0 aliphatic heterocycles. The molecule has 0 saturated heterocycles. The summed E-state index contributed by atoms with van der Waals surface area (Å²) in [5.74, 6) is 1.08. The summed E-state index contributed by atoms with van der Waals surface area (Å²) in [6, 6.07) is 18.0. The first-order valence-electron chi connectivity index (χ1n) is 9.26. The second-order valence-electron chi connectivity index (χ2n) is 6.98. The van der Waals surface area contributed by atoms with E-state index in [1.165, 1.54) is 11.1 Å². The molecule has 0 aliphatic rings. The SMILES string of the molecule is Cc1ccc(CCC(=O)N(Cc2nc(-c3ccccc3)no2)C(C)C)cc1. The van der Waals surface area contributed by atoms with Gasteiger partial charge in [0.05, 0.1) is 0 Å². The van der Waals surface area contributed by atoms with Crippen LogP contribution in [-0.2, 0) is 17.8 Å². The van der Waals surface area contributed by atoms with E-state index in [1.807, 2.05) is 44.2 Å². The fourth-order valence-electron chi connectivity index (χ4n) is 2.88. The summed E-state index contributed by atoms with van der Waals surface area (Å²) in [5.41, 5.74) is 3.29. The van der Waals surface area contributed by atoms with Crippen molar-refractivity contribution >= 4 is 5.91 Å². The number of hydrogen-bond donors (Lipinski definition) is 0. The molecule has 3 aromatic rings. The van der Waals surface area contributed by atoms with Gasteiger partial charge in [-0.05, 0) is 32.8 Å². The zero-order chi connectivity index (χ0) is 19.2. The molecule has 0 aliphatic carbocycles.